The Morgan fingerprint density at radius 2 is 2.03 bits per heavy atom. The first-order chi connectivity index (χ1) is 15.0. The highest BCUT2D eigenvalue weighted by Gasteiger charge is 2.10. The first-order valence-electron chi connectivity index (χ1n) is 9.17. The van der Waals surface area contributed by atoms with Crippen molar-refractivity contribution in [3.63, 3.8) is 0 Å². The summed E-state index contributed by atoms with van der Waals surface area (Å²) in [4.78, 5) is 25.6. The van der Waals surface area contributed by atoms with Crippen LogP contribution in [-0.2, 0) is 11.8 Å². The summed E-state index contributed by atoms with van der Waals surface area (Å²) >= 11 is 7.99. The summed E-state index contributed by atoms with van der Waals surface area (Å²) in [6.45, 7) is 3.40. The van der Waals surface area contributed by atoms with Crippen LogP contribution in [0.3, 0.4) is 0 Å². The predicted molar refractivity (Wildman–Crippen MR) is 124 cm³/mol. The Morgan fingerprint density at radius 3 is 2.77 bits per heavy atom. The number of amides is 1. The van der Waals surface area contributed by atoms with Crippen LogP contribution < -0.4 is 10.6 Å². The van der Waals surface area contributed by atoms with Crippen LogP contribution in [0.2, 0.25) is 5.02 Å². The highest BCUT2D eigenvalue weighted by Crippen LogP contribution is 2.35. The van der Waals surface area contributed by atoms with E-state index in [1.54, 1.807) is 18.3 Å². The van der Waals surface area contributed by atoms with Gasteiger partial charge in [-0.25, -0.2) is 15.0 Å². The zero-order valence-corrected chi connectivity index (χ0v) is 18.0. The van der Waals surface area contributed by atoms with Gasteiger partial charge in [0.2, 0.25) is 0 Å². The molecule has 4 aromatic rings. The summed E-state index contributed by atoms with van der Waals surface area (Å²) in [6.07, 6.45) is 6.35. The van der Waals surface area contributed by atoms with Crippen LogP contribution in [0.1, 0.15) is 0 Å². The minimum atomic E-state index is -0.312. The largest absolute Gasteiger partial charge is 0.340 e. The number of aryl methyl sites for hydroxylation is 1. The second kappa shape index (κ2) is 9.06. The summed E-state index contributed by atoms with van der Waals surface area (Å²) in [7, 11) is 1.93. The maximum Gasteiger partial charge on any atom is 0.256 e. The second-order valence-corrected chi connectivity index (χ2v) is 7.90. The number of rotatable bonds is 6. The molecule has 1 amide bonds. The summed E-state index contributed by atoms with van der Waals surface area (Å²) in [5.74, 6) is 0.286. The van der Waals surface area contributed by atoms with Gasteiger partial charge in [-0.05, 0) is 36.4 Å². The third-order valence-corrected chi connectivity index (χ3v) is 5.89. The second-order valence-electron chi connectivity index (χ2n) is 6.48. The number of hydrogen-bond donors (Lipinski definition) is 2. The molecule has 0 aliphatic heterocycles. The van der Waals surface area contributed by atoms with Crippen LogP contribution in [0, 0.1) is 0 Å². The van der Waals surface area contributed by atoms with Gasteiger partial charge in [0.15, 0.2) is 5.16 Å². The summed E-state index contributed by atoms with van der Waals surface area (Å²) in [5.41, 5.74) is 4.58. The van der Waals surface area contributed by atoms with Crippen molar-refractivity contribution in [3.05, 3.63) is 78.5 Å². The van der Waals surface area contributed by atoms with Crippen LogP contribution >= 0.6 is 23.4 Å². The fourth-order valence-electron chi connectivity index (χ4n) is 2.85. The fourth-order valence-corrected chi connectivity index (χ4v) is 3.96. The number of nitrogens with zero attached hydrogens (tertiary/aromatic N) is 4. The number of aromatic nitrogens is 4. The molecule has 9 heteroatoms. The van der Waals surface area contributed by atoms with E-state index in [0.29, 0.717) is 16.5 Å². The molecule has 2 heterocycles. The van der Waals surface area contributed by atoms with Crippen molar-refractivity contribution in [2.45, 2.75) is 10.1 Å². The number of anilines is 3. The van der Waals surface area contributed by atoms with E-state index in [4.69, 9.17) is 11.6 Å². The minimum Gasteiger partial charge on any atom is -0.340 e. The smallest absolute Gasteiger partial charge is 0.256 e. The lowest BCUT2D eigenvalue weighted by Crippen LogP contribution is -2.07. The molecule has 0 bridgehead atoms. The molecule has 31 heavy (non-hydrogen) atoms. The van der Waals surface area contributed by atoms with Crippen LogP contribution in [-0.4, -0.2) is 25.4 Å². The number of benzene rings is 2. The Kier molecular flexibility index (Phi) is 6.04. The summed E-state index contributed by atoms with van der Waals surface area (Å²) in [6, 6.07) is 11.1. The van der Waals surface area contributed by atoms with Gasteiger partial charge in [-0.3, -0.25) is 4.79 Å². The standard InChI is InChI=1S/C22H17ClN6OS/c1-3-4-20(30)27-14-5-7-18-16(11-14)21(26-13-25-18)28-15-6-8-19(17(23)12-15)31-22-24-9-10-29(22)2/h4-13H,1H2,2H3,(H,27,30)(H,25,26,28). The maximum absolute atomic E-state index is 11.8. The molecule has 0 atom stereocenters. The van der Waals surface area contributed by atoms with Crippen LogP contribution in [0.25, 0.3) is 10.9 Å². The lowest BCUT2D eigenvalue weighted by Gasteiger charge is -2.11. The van der Waals surface area contributed by atoms with E-state index in [9.17, 15) is 4.79 Å². The minimum absolute atomic E-state index is 0.312. The van der Waals surface area contributed by atoms with Crippen molar-refractivity contribution >= 4 is 57.4 Å². The van der Waals surface area contributed by atoms with Gasteiger partial charge < -0.3 is 15.2 Å². The van der Waals surface area contributed by atoms with Gasteiger partial charge >= 0.3 is 0 Å². The molecule has 0 saturated heterocycles. The lowest BCUT2D eigenvalue weighted by atomic mass is 10.2. The van der Waals surface area contributed by atoms with Gasteiger partial charge in [-0.15, -0.1) is 5.73 Å². The van der Waals surface area contributed by atoms with E-state index in [1.165, 1.54) is 24.2 Å². The van der Waals surface area contributed by atoms with E-state index < -0.39 is 0 Å². The van der Waals surface area contributed by atoms with Crippen LogP contribution in [0.15, 0.2) is 83.6 Å². The highest BCUT2D eigenvalue weighted by atomic mass is 35.5. The average molecular weight is 449 g/mol. The molecule has 154 valence electrons. The molecule has 4 rings (SSSR count). The molecule has 0 radical (unpaired) electrons. The Balaban J connectivity index is 1.60. The van der Waals surface area contributed by atoms with Crippen molar-refractivity contribution in [1.82, 2.24) is 19.5 Å². The molecular formula is C22H17ClN6OS. The molecule has 7 nitrogen and oxygen atoms in total. The van der Waals surface area contributed by atoms with Crippen molar-refractivity contribution in [1.29, 1.82) is 0 Å². The molecule has 2 N–H and O–H groups in total. The Labute approximate surface area is 187 Å². The van der Waals surface area contributed by atoms with Gasteiger partial charge in [0.05, 0.1) is 10.5 Å². The Hall–Kier alpha value is -3.58. The van der Waals surface area contributed by atoms with E-state index in [2.05, 4.69) is 37.9 Å². The topological polar surface area (TPSA) is 84.7 Å². The van der Waals surface area contributed by atoms with Gasteiger partial charge in [0, 0.05) is 47.2 Å². The fraction of sp³-hybridized carbons (Fsp3) is 0.0455. The number of hydrogen-bond acceptors (Lipinski definition) is 6. The van der Waals surface area contributed by atoms with Gasteiger partial charge in [-0.1, -0.05) is 29.9 Å². The number of nitrogens with one attached hydrogen (secondary N) is 2. The number of carbonyl (C=O) groups excluding carboxylic acids is 1. The number of imidazole rings is 1. The number of carbonyl (C=O) groups is 1. The Morgan fingerprint density at radius 1 is 1.19 bits per heavy atom. The zero-order valence-electron chi connectivity index (χ0n) is 16.5. The number of halogens is 1. The molecule has 2 aromatic heterocycles. The van der Waals surface area contributed by atoms with Gasteiger partial charge in [0.25, 0.3) is 5.91 Å². The third kappa shape index (κ3) is 4.78. The van der Waals surface area contributed by atoms with E-state index in [-0.39, 0.29) is 5.91 Å². The molecule has 0 aliphatic rings. The summed E-state index contributed by atoms with van der Waals surface area (Å²) < 4.78 is 1.93. The third-order valence-electron chi connectivity index (χ3n) is 4.31. The molecular weight excluding hydrogens is 432 g/mol. The van der Waals surface area contributed by atoms with Gasteiger partial charge in [-0.2, -0.15) is 0 Å². The predicted octanol–water partition coefficient (Wildman–Crippen LogP) is 5.19. The van der Waals surface area contributed by atoms with Crippen molar-refractivity contribution < 1.29 is 4.79 Å². The van der Waals surface area contributed by atoms with E-state index >= 15 is 0 Å². The molecule has 0 spiro atoms. The molecule has 2 aromatic carbocycles. The quantitative estimate of drug-likeness (QED) is 0.312. The van der Waals surface area contributed by atoms with E-state index in [0.717, 1.165) is 26.6 Å². The first-order valence-corrected chi connectivity index (χ1v) is 10.4. The van der Waals surface area contributed by atoms with Crippen molar-refractivity contribution in [2.24, 2.45) is 7.05 Å². The van der Waals surface area contributed by atoms with Crippen molar-refractivity contribution in [3.8, 4) is 0 Å². The lowest BCUT2D eigenvalue weighted by molar-refractivity contribution is -0.111. The monoisotopic (exact) mass is 448 g/mol. The summed E-state index contributed by atoms with van der Waals surface area (Å²) in [5, 5.41) is 8.24. The highest BCUT2D eigenvalue weighted by molar-refractivity contribution is 7.99. The normalized spacial score (nSPS) is 10.5. The SMILES string of the molecule is C=C=CC(=O)Nc1ccc2ncnc(Nc3ccc(Sc4nccn4C)c(Cl)c3)c2c1. The molecule has 0 fully saturated rings. The Bertz CT molecular complexity index is 1330. The number of fused-ring (bicyclic) bond motifs is 1. The first kappa shape index (κ1) is 20.7. The average Bonchev–Trinajstić information content (AvgIpc) is 3.15. The van der Waals surface area contributed by atoms with Crippen LogP contribution in [0.5, 0.6) is 0 Å². The molecule has 0 aliphatic carbocycles. The molecule has 0 saturated carbocycles. The van der Waals surface area contributed by atoms with Crippen LogP contribution in [0.4, 0.5) is 17.2 Å². The molecule has 0 unspecified atom stereocenters. The maximum atomic E-state index is 11.8. The van der Waals surface area contributed by atoms with Crippen molar-refractivity contribution in [2.75, 3.05) is 10.6 Å². The zero-order chi connectivity index (χ0) is 21.8. The van der Waals surface area contributed by atoms with E-state index in [1.807, 2.05) is 42.1 Å². The van der Waals surface area contributed by atoms with Gasteiger partial charge in [0.1, 0.15) is 12.1 Å².